The van der Waals surface area contributed by atoms with E-state index in [4.69, 9.17) is 0 Å². The Morgan fingerprint density at radius 2 is 2.06 bits per heavy atom. The second-order valence-corrected chi connectivity index (χ2v) is 5.29. The molecular formula is C15H19FN2. The summed E-state index contributed by atoms with van der Waals surface area (Å²) in [4.78, 5) is 0. The summed E-state index contributed by atoms with van der Waals surface area (Å²) in [5.74, 6) is 0.860. The molecule has 1 aromatic carbocycles. The molecule has 3 heteroatoms. The summed E-state index contributed by atoms with van der Waals surface area (Å²) in [5.41, 5.74) is 0.821. The Morgan fingerprint density at radius 3 is 2.67 bits per heavy atom. The number of hydrogen-bond donors (Lipinski definition) is 1. The maximum absolute atomic E-state index is 12.8. The van der Waals surface area contributed by atoms with Crippen LogP contribution in [0.25, 0.3) is 0 Å². The molecule has 2 nitrogen and oxygen atoms in total. The standard InChI is InChI=1S/C15H19FN2/c1-11-3-2-4-12(9-11)15(10-17)18-14-7-5-13(16)6-8-14/h5-8,11-12,15,18H,2-4,9H2,1H3. The number of nitrogens with one attached hydrogen (secondary N) is 1. The zero-order chi connectivity index (χ0) is 13.0. The first-order valence-corrected chi connectivity index (χ1v) is 6.60. The van der Waals surface area contributed by atoms with Crippen LogP contribution in [0.3, 0.4) is 0 Å². The lowest BCUT2D eigenvalue weighted by molar-refractivity contribution is 0.274. The Labute approximate surface area is 108 Å². The first-order valence-electron chi connectivity index (χ1n) is 6.60. The van der Waals surface area contributed by atoms with E-state index in [1.807, 2.05) is 0 Å². The number of anilines is 1. The number of benzene rings is 1. The topological polar surface area (TPSA) is 35.8 Å². The van der Waals surface area contributed by atoms with Crippen molar-refractivity contribution in [2.75, 3.05) is 5.32 Å². The van der Waals surface area contributed by atoms with Gasteiger partial charge in [0.15, 0.2) is 0 Å². The van der Waals surface area contributed by atoms with E-state index in [0.717, 1.165) is 18.5 Å². The highest BCUT2D eigenvalue weighted by Gasteiger charge is 2.26. The van der Waals surface area contributed by atoms with Gasteiger partial charge in [-0.15, -0.1) is 0 Å². The highest BCUT2D eigenvalue weighted by atomic mass is 19.1. The van der Waals surface area contributed by atoms with E-state index in [2.05, 4.69) is 18.3 Å². The minimum Gasteiger partial charge on any atom is -0.370 e. The summed E-state index contributed by atoms with van der Waals surface area (Å²) in [6, 6.07) is 8.39. The first-order chi connectivity index (χ1) is 8.69. The molecule has 0 aromatic heterocycles. The highest BCUT2D eigenvalue weighted by molar-refractivity contribution is 5.45. The Bertz CT molecular complexity index is 421. The third-order valence-electron chi connectivity index (χ3n) is 3.75. The van der Waals surface area contributed by atoms with Gasteiger partial charge in [-0.2, -0.15) is 5.26 Å². The predicted octanol–water partition coefficient (Wildman–Crippen LogP) is 3.96. The van der Waals surface area contributed by atoms with Crippen molar-refractivity contribution < 1.29 is 4.39 Å². The molecule has 18 heavy (non-hydrogen) atoms. The smallest absolute Gasteiger partial charge is 0.123 e. The van der Waals surface area contributed by atoms with Crippen LogP contribution in [0.5, 0.6) is 0 Å². The molecule has 0 amide bonds. The largest absolute Gasteiger partial charge is 0.370 e. The van der Waals surface area contributed by atoms with Gasteiger partial charge in [-0.3, -0.25) is 0 Å². The Hall–Kier alpha value is -1.56. The van der Waals surface area contributed by atoms with Crippen LogP contribution in [0, 0.1) is 29.0 Å². The second kappa shape index (κ2) is 5.86. The third kappa shape index (κ3) is 3.22. The van der Waals surface area contributed by atoms with Crippen molar-refractivity contribution in [3.8, 4) is 6.07 Å². The summed E-state index contributed by atoms with van der Waals surface area (Å²) in [6.45, 7) is 2.25. The normalized spacial score (nSPS) is 25.2. The molecule has 1 aromatic rings. The molecule has 1 saturated carbocycles. The van der Waals surface area contributed by atoms with E-state index in [0.29, 0.717) is 11.8 Å². The van der Waals surface area contributed by atoms with E-state index in [9.17, 15) is 9.65 Å². The molecule has 1 aliphatic carbocycles. The van der Waals surface area contributed by atoms with Crippen molar-refractivity contribution in [2.45, 2.75) is 38.6 Å². The molecule has 0 bridgehead atoms. The number of hydrogen-bond acceptors (Lipinski definition) is 2. The Morgan fingerprint density at radius 1 is 1.33 bits per heavy atom. The molecule has 0 aliphatic heterocycles. The maximum atomic E-state index is 12.8. The fraction of sp³-hybridized carbons (Fsp3) is 0.533. The van der Waals surface area contributed by atoms with E-state index < -0.39 is 0 Å². The van der Waals surface area contributed by atoms with E-state index in [-0.39, 0.29) is 11.9 Å². The van der Waals surface area contributed by atoms with Gasteiger partial charge in [0.25, 0.3) is 0 Å². The van der Waals surface area contributed by atoms with Gasteiger partial charge in [0.05, 0.1) is 6.07 Å². The first kappa shape index (κ1) is 12.9. The molecule has 2 rings (SSSR count). The van der Waals surface area contributed by atoms with Crippen LogP contribution in [0.2, 0.25) is 0 Å². The lowest BCUT2D eigenvalue weighted by Crippen LogP contribution is -2.31. The van der Waals surface area contributed by atoms with Crippen molar-refractivity contribution in [3.63, 3.8) is 0 Å². The van der Waals surface area contributed by atoms with Gasteiger partial charge in [-0.1, -0.05) is 19.8 Å². The SMILES string of the molecule is CC1CCCC(C(C#N)Nc2ccc(F)cc2)C1. The Balaban J connectivity index is 2.01. The number of halogens is 1. The van der Waals surface area contributed by atoms with Crippen molar-refractivity contribution >= 4 is 5.69 Å². The van der Waals surface area contributed by atoms with Gasteiger partial charge in [-0.05, 0) is 48.9 Å². The zero-order valence-corrected chi connectivity index (χ0v) is 10.7. The van der Waals surface area contributed by atoms with Crippen LogP contribution >= 0.6 is 0 Å². The van der Waals surface area contributed by atoms with Gasteiger partial charge in [0.1, 0.15) is 11.9 Å². The molecule has 3 unspecified atom stereocenters. The van der Waals surface area contributed by atoms with E-state index >= 15 is 0 Å². The molecule has 0 heterocycles. The fourth-order valence-electron chi connectivity index (χ4n) is 2.76. The number of nitrogens with zero attached hydrogens (tertiary/aromatic N) is 1. The molecule has 1 N–H and O–H groups in total. The lowest BCUT2D eigenvalue weighted by atomic mass is 9.79. The molecule has 0 spiro atoms. The Kier molecular flexibility index (Phi) is 4.19. The zero-order valence-electron chi connectivity index (χ0n) is 10.7. The van der Waals surface area contributed by atoms with Crippen LogP contribution in [-0.2, 0) is 0 Å². The van der Waals surface area contributed by atoms with Crippen LogP contribution in [0.4, 0.5) is 10.1 Å². The van der Waals surface area contributed by atoms with E-state index in [1.165, 1.54) is 25.0 Å². The average molecular weight is 246 g/mol. The number of nitriles is 1. The lowest BCUT2D eigenvalue weighted by Gasteiger charge is -2.30. The number of rotatable bonds is 3. The molecule has 1 aliphatic rings. The summed E-state index contributed by atoms with van der Waals surface area (Å²) < 4.78 is 12.8. The highest BCUT2D eigenvalue weighted by Crippen LogP contribution is 2.31. The summed E-state index contributed by atoms with van der Waals surface area (Å²) in [5, 5.41) is 12.5. The molecule has 0 radical (unpaired) electrons. The van der Waals surface area contributed by atoms with Crippen molar-refractivity contribution in [1.82, 2.24) is 0 Å². The molecule has 1 fully saturated rings. The van der Waals surface area contributed by atoms with Gasteiger partial charge in [0, 0.05) is 5.69 Å². The van der Waals surface area contributed by atoms with Gasteiger partial charge in [-0.25, -0.2) is 4.39 Å². The van der Waals surface area contributed by atoms with Crippen molar-refractivity contribution in [1.29, 1.82) is 5.26 Å². The predicted molar refractivity (Wildman–Crippen MR) is 70.5 cm³/mol. The second-order valence-electron chi connectivity index (χ2n) is 5.29. The summed E-state index contributed by atoms with van der Waals surface area (Å²) >= 11 is 0. The van der Waals surface area contributed by atoms with Gasteiger partial charge >= 0.3 is 0 Å². The van der Waals surface area contributed by atoms with Crippen LogP contribution in [0.1, 0.15) is 32.6 Å². The van der Waals surface area contributed by atoms with Crippen molar-refractivity contribution in [3.05, 3.63) is 30.1 Å². The third-order valence-corrected chi connectivity index (χ3v) is 3.75. The monoisotopic (exact) mass is 246 g/mol. The van der Waals surface area contributed by atoms with Crippen LogP contribution < -0.4 is 5.32 Å². The van der Waals surface area contributed by atoms with Crippen LogP contribution in [0.15, 0.2) is 24.3 Å². The van der Waals surface area contributed by atoms with Crippen LogP contribution in [-0.4, -0.2) is 6.04 Å². The molecule has 3 atom stereocenters. The molecule has 0 saturated heterocycles. The minimum atomic E-state index is -0.250. The molecular weight excluding hydrogens is 227 g/mol. The van der Waals surface area contributed by atoms with Gasteiger partial charge in [0.2, 0.25) is 0 Å². The minimum absolute atomic E-state index is 0.168. The van der Waals surface area contributed by atoms with E-state index in [1.54, 1.807) is 12.1 Å². The molecule has 96 valence electrons. The fourth-order valence-corrected chi connectivity index (χ4v) is 2.76. The van der Waals surface area contributed by atoms with Crippen molar-refractivity contribution in [2.24, 2.45) is 11.8 Å². The summed E-state index contributed by atoms with van der Waals surface area (Å²) in [6.07, 6.45) is 4.68. The van der Waals surface area contributed by atoms with Gasteiger partial charge < -0.3 is 5.32 Å². The summed E-state index contributed by atoms with van der Waals surface area (Å²) in [7, 11) is 0. The maximum Gasteiger partial charge on any atom is 0.123 e. The average Bonchev–Trinajstić information content (AvgIpc) is 2.38. The quantitative estimate of drug-likeness (QED) is 0.876.